The van der Waals surface area contributed by atoms with Crippen LogP contribution in [0.2, 0.25) is 0 Å². The summed E-state index contributed by atoms with van der Waals surface area (Å²) in [6, 6.07) is 10.3. The second-order valence-electron chi connectivity index (χ2n) is 3.92. The quantitative estimate of drug-likeness (QED) is 0.524. The molecule has 1 fully saturated rings. The summed E-state index contributed by atoms with van der Waals surface area (Å²) in [5, 5.41) is 0.134. The van der Waals surface area contributed by atoms with Gasteiger partial charge in [0.25, 0.3) is 0 Å². The first-order valence-corrected chi connectivity index (χ1v) is 8.08. The van der Waals surface area contributed by atoms with Gasteiger partial charge in [-0.1, -0.05) is 46.7 Å². The SMILES string of the molecule is COCCCC1SSNC1=O.Cc1ccccc1. The van der Waals surface area contributed by atoms with Crippen molar-refractivity contribution in [2.75, 3.05) is 13.7 Å². The van der Waals surface area contributed by atoms with Crippen LogP contribution in [0.3, 0.4) is 0 Å². The van der Waals surface area contributed by atoms with E-state index in [0.717, 1.165) is 19.4 Å². The molecule has 0 saturated carbocycles. The van der Waals surface area contributed by atoms with Crippen LogP contribution in [0.1, 0.15) is 18.4 Å². The zero-order valence-corrected chi connectivity index (χ0v) is 12.4. The molecule has 1 N–H and O–H groups in total. The maximum atomic E-state index is 11.0. The van der Waals surface area contributed by atoms with Crippen LogP contribution < -0.4 is 4.72 Å². The van der Waals surface area contributed by atoms with Crippen molar-refractivity contribution >= 4 is 27.7 Å². The maximum absolute atomic E-state index is 11.0. The fourth-order valence-corrected chi connectivity index (χ4v) is 3.52. The van der Waals surface area contributed by atoms with E-state index in [-0.39, 0.29) is 11.2 Å². The number of ether oxygens (including phenoxy) is 1. The molecule has 1 saturated heterocycles. The average Bonchev–Trinajstić information content (AvgIpc) is 2.77. The Kier molecular flexibility index (Phi) is 7.96. The van der Waals surface area contributed by atoms with Gasteiger partial charge in [0.1, 0.15) is 0 Å². The lowest BCUT2D eigenvalue weighted by Gasteiger charge is -2.02. The predicted molar refractivity (Wildman–Crippen MR) is 79.4 cm³/mol. The number of hydrogen-bond acceptors (Lipinski definition) is 4. The minimum atomic E-state index is 0.134. The fourth-order valence-electron chi connectivity index (χ4n) is 1.36. The first-order chi connectivity index (χ1) is 8.74. The Hall–Kier alpha value is -0.650. The Morgan fingerprint density at radius 2 is 2.06 bits per heavy atom. The van der Waals surface area contributed by atoms with E-state index in [4.69, 9.17) is 4.74 Å². The van der Waals surface area contributed by atoms with E-state index in [9.17, 15) is 4.79 Å². The van der Waals surface area contributed by atoms with Crippen LogP contribution >= 0.6 is 21.8 Å². The summed E-state index contributed by atoms with van der Waals surface area (Å²) in [6.07, 6.45) is 1.87. The van der Waals surface area contributed by atoms with Crippen LogP contribution in [-0.4, -0.2) is 24.9 Å². The number of benzene rings is 1. The van der Waals surface area contributed by atoms with Crippen molar-refractivity contribution in [2.24, 2.45) is 0 Å². The molecule has 1 amide bonds. The van der Waals surface area contributed by atoms with E-state index < -0.39 is 0 Å². The molecule has 1 aromatic rings. The molecule has 1 aromatic carbocycles. The average molecular weight is 285 g/mol. The number of rotatable bonds is 4. The predicted octanol–water partition coefficient (Wildman–Crippen LogP) is 3.20. The van der Waals surface area contributed by atoms with Gasteiger partial charge >= 0.3 is 0 Å². The highest BCUT2D eigenvalue weighted by atomic mass is 33.1. The molecule has 1 atom stereocenters. The summed E-state index contributed by atoms with van der Waals surface area (Å²) < 4.78 is 7.59. The van der Waals surface area contributed by atoms with Gasteiger partial charge in [-0.3, -0.25) is 9.52 Å². The van der Waals surface area contributed by atoms with Crippen LogP contribution in [0, 0.1) is 6.92 Å². The Labute approximate surface area is 117 Å². The highest BCUT2D eigenvalue weighted by molar-refractivity contribution is 8.77. The molecule has 1 heterocycles. The Balaban J connectivity index is 0.000000199. The minimum absolute atomic E-state index is 0.134. The summed E-state index contributed by atoms with van der Waals surface area (Å²) in [6.45, 7) is 2.83. The van der Waals surface area contributed by atoms with E-state index in [1.165, 1.54) is 16.5 Å². The molecule has 0 radical (unpaired) electrons. The Morgan fingerprint density at radius 1 is 1.33 bits per heavy atom. The van der Waals surface area contributed by atoms with Crippen LogP contribution in [0.25, 0.3) is 0 Å². The molecule has 1 aliphatic rings. The normalized spacial score (nSPS) is 17.9. The lowest BCUT2D eigenvalue weighted by molar-refractivity contribution is -0.118. The highest BCUT2D eigenvalue weighted by Crippen LogP contribution is 2.33. The van der Waals surface area contributed by atoms with Gasteiger partial charge in [0.2, 0.25) is 5.91 Å². The van der Waals surface area contributed by atoms with E-state index in [2.05, 4.69) is 23.8 Å². The molecule has 0 spiro atoms. The second-order valence-corrected chi connectivity index (χ2v) is 6.13. The molecule has 2 rings (SSSR count). The van der Waals surface area contributed by atoms with Gasteiger partial charge in [0.15, 0.2) is 0 Å². The second kappa shape index (κ2) is 9.30. The summed E-state index contributed by atoms with van der Waals surface area (Å²) >= 11 is 0. The molecule has 3 nitrogen and oxygen atoms in total. The smallest absolute Gasteiger partial charge is 0.244 e. The molecule has 0 aromatic heterocycles. The van der Waals surface area contributed by atoms with E-state index in [0.29, 0.717) is 0 Å². The minimum Gasteiger partial charge on any atom is -0.385 e. The Morgan fingerprint density at radius 3 is 2.50 bits per heavy atom. The van der Waals surface area contributed by atoms with Crippen molar-refractivity contribution < 1.29 is 9.53 Å². The molecule has 0 bridgehead atoms. The molecule has 5 heteroatoms. The van der Waals surface area contributed by atoms with Gasteiger partial charge in [-0.15, -0.1) is 0 Å². The third kappa shape index (κ3) is 6.33. The van der Waals surface area contributed by atoms with Crippen LogP contribution in [0.5, 0.6) is 0 Å². The van der Waals surface area contributed by atoms with Crippen molar-refractivity contribution in [3.8, 4) is 0 Å². The van der Waals surface area contributed by atoms with Crippen molar-refractivity contribution in [3.63, 3.8) is 0 Å². The lowest BCUT2D eigenvalue weighted by Crippen LogP contribution is -2.20. The fraction of sp³-hybridized carbons (Fsp3) is 0.462. The topological polar surface area (TPSA) is 38.3 Å². The molecule has 0 aliphatic carbocycles. The number of hydrogen-bond donors (Lipinski definition) is 1. The summed E-state index contributed by atoms with van der Waals surface area (Å²) in [7, 11) is 4.70. The Bertz CT molecular complexity index is 346. The van der Waals surface area contributed by atoms with Gasteiger partial charge in [-0.2, -0.15) is 0 Å². The monoisotopic (exact) mass is 285 g/mol. The van der Waals surface area contributed by atoms with Crippen molar-refractivity contribution in [1.29, 1.82) is 0 Å². The van der Waals surface area contributed by atoms with Crippen molar-refractivity contribution in [1.82, 2.24) is 4.72 Å². The van der Waals surface area contributed by atoms with Gasteiger partial charge in [0, 0.05) is 24.7 Å². The molecular weight excluding hydrogens is 266 g/mol. The van der Waals surface area contributed by atoms with Gasteiger partial charge in [0.05, 0.1) is 5.25 Å². The van der Waals surface area contributed by atoms with E-state index >= 15 is 0 Å². The number of aryl methyl sites for hydroxylation is 1. The van der Waals surface area contributed by atoms with Crippen LogP contribution in [-0.2, 0) is 9.53 Å². The summed E-state index contributed by atoms with van der Waals surface area (Å²) in [5.74, 6) is 0.149. The van der Waals surface area contributed by atoms with Crippen LogP contribution in [0.15, 0.2) is 30.3 Å². The molecule has 1 unspecified atom stereocenters. The zero-order valence-electron chi connectivity index (χ0n) is 10.7. The van der Waals surface area contributed by atoms with Crippen molar-refractivity contribution in [2.45, 2.75) is 25.0 Å². The van der Waals surface area contributed by atoms with Gasteiger partial charge in [-0.25, -0.2) is 0 Å². The molecular formula is C13H19NO2S2. The first-order valence-electron chi connectivity index (χ1n) is 5.87. The lowest BCUT2D eigenvalue weighted by atomic mass is 10.2. The number of carbonyl (C=O) groups excluding carboxylic acids is 1. The van der Waals surface area contributed by atoms with E-state index in [1.54, 1.807) is 17.9 Å². The third-order valence-corrected chi connectivity index (χ3v) is 4.65. The molecule has 1 aliphatic heterocycles. The van der Waals surface area contributed by atoms with Gasteiger partial charge < -0.3 is 4.74 Å². The number of nitrogens with one attached hydrogen (secondary N) is 1. The van der Waals surface area contributed by atoms with Crippen LogP contribution in [0.4, 0.5) is 0 Å². The number of carbonyl (C=O) groups is 1. The number of methoxy groups -OCH3 is 1. The molecule has 18 heavy (non-hydrogen) atoms. The summed E-state index contributed by atoms with van der Waals surface area (Å²) in [4.78, 5) is 11.0. The highest BCUT2D eigenvalue weighted by Gasteiger charge is 2.25. The molecule has 100 valence electrons. The van der Waals surface area contributed by atoms with Gasteiger partial charge in [-0.05, 0) is 19.8 Å². The van der Waals surface area contributed by atoms with Crippen molar-refractivity contribution in [3.05, 3.63) is 35.9 Å². The zero-order chi connectivity index (χ0) is 13.2. The standard InChI is InChI=1S/C7H8.C6H11NO2S2/c1-7-5-3-2-4-6-7;1-9-4-2-3-5-6(8)7-11-10-5/h2-6H,1H3;5H,2-4H2,1H3,(H,7,8). The largest absolute Gasteiger partial charge is 0.385 e. The number of amides is 1. The summed E-state index contributed by atoms with van der Waals surface area (Å²) in [5.41, 5.74) is 1.32. The van der Waals surface area contributed by atoms with E-state index in [1.807, 2.05) is 18.2 Å². The first kappa shape index (κ1) is 15.4. The third-order valence-electron chi connectivity index (χ3n) is 2.35. The maximum Gasteiger partial charge on any atom is 0.244 e.